The molecule has 0 amide bonds. The molecule has 1 aliphatic rings. The van der Waals surface area contributed by atoms with Crippen molar-refractivity contribution in [1.29, 1.82) is 0 Å². The summed E-state index contributed by atoms with van der Waals surface area (Å²) in [5.41, 5.74) is 1.25. The fourth-order valence-electron chi connectivity index (χ4n) is 3.95. The first-order chi connectivity index (χ1) is 14.4. The van der Waals surface area contributed by atoms with Crippen molar-refractivity contribution in [2.75, 3.05) is 52.2 Å². The van der Waals surface area contributed by atoms with Crippen LogP contribution in [0.1, 0.15) is 45.2 Å². The van der Waals surface area contributed by atoms with Crippen LogP contribution in [-0.4, -0.2) is 76.2 Å². The van der Waals surface area contributed by atoms with Crippen LogP contribution in [0.4, 0.5) is 0 Å². The number of hydrogen-bond acceptors (Lipinski definition) is 5. The summed E-state index contributed by atoms with van der Waals surface area (Å²) < 4.78 is 29.6. The summed E-state index contributed by atoms with van der Waals surface area (Å²) in [6.07, 6.45) is 2.29. The molecule has 1 aliphatic heterocycles. The number of aliphatic imine (C=N–C) groups is 1. The van der Waals surface area contributed by atoms with Crippen molar-refractivity contribution in [2.24, 2.45) is 4.99 Å². The number of likely N-dealkylation sites (N-methyl/N-ethyl adjacent to an activating group) is 1. The average molecular weight is 439 g/mol. The molecule has 8 heteroatoms. The minimum absolute atomic E-state index is 0.206. The largest absolute Gasteiger partial charge is 0.381 e. The molecule has 1 aromatic carbocycles. The minimum atomic E-state index is -3.24. The van der Waals surface area contributed by atoms with E-state index in [1.807, 2.05) is 13.0 Å². The lowest BCUT2D eigenvalue weighted by Crippen LogP contribution is -2.48. The van der Waals surface area contributed by atoms with Gasteiger partial charge < -0.3 is 15.4 Å². The smallest absolute Gasteiger partial charge is 0.191 e. The van der Waals surface area contributed by atoms with Crippen molar-refractivity contribution in [1.82, 2.24) is 15.5 Å². The quantitative estimate of drug-likeness (QED) is 0.431. The maximum atomic E-state index is 12.5. The Morgan fingerprint density at radius 2 is 1.77 bits per heavy atom. The van der Waals surface area contributed by atoms with Crippen molar-refractivity contribution in [3.8, 4) is 0 Å². The molecule has 0 aliphatic carbocycles. The molecule has 1 atom stereocenters. The Bertz CT molecular complexity index is 758. The number of nitrogens with zero attached hydrogens (tertiary/aromatic N) is 2. The molecular formula is C22H38N4O3S. The molecule has 2 rings (SSSR count). The maximum Gasteiger partial charge on any atom is 0.191 e. The van der Waals surface area contributed by atoms with Crippen LogP contribution in [0.2, 0.25) is 0 Å². The molecule has 170 valence electrons. The Hall–Kier alpha value is -1.64. The van der Waals surface area contributed by atoms with Gasteiger partial charge in [-0.05, 0) is 38.4 Å². The van der Waals surface area contributed by atoms with Crippen molar-refractivity contribution < 1.29 is 13.2 Å². The third-order valence-corrected chi connectivity index (χ3v) is 8.07. The second-order valence-electron chi connectivity index (χ2n) is 7.79. The van der Waals surface area contributed by atoms with Gasteiger partial charge in [-0.3, -0.25) is 9.89 Å². The highest BCUT2D eigenvalue weighted by atomic mass is 32.2. The summed E-state index contributed by atoms with van der Waals surface area (Å²) in [6, 6.07) is 10.7. The number of rotatable bonds is 10. The first-order valence-electron chi connectivity index (χ1n) is 11.0. The molecule has 30 heavy (non-hydrogen) atoms. The fraction of sp³-hybridized carbons (Fsp3) is 0.682. The Kier molecular flexibility index (Phi) is 9.58. The van der Waals surface area contributed by atoms with E-state index in [1.165, 1.54) is 11.8 Å². The highest BCUT2D eigenvalue weighted by Gasteiger charge is 2.42. The maximum absolute atomic E-state index is 12.5. The topological polar surface area (TPSA) is 83.0 Å². The third kappa shape index (κ3) is 6.43. The lowest BCUT2D eigenvalue weighted by molar-refractivity contribution is 0.0768. The third-order valence-electron chi connectivity index (χ3n) is 5.96. The first kappa shape index (κ1) is 24.6. The number of benzene rings is 1. The predicted octanol–water partition coefficient (Wildman–Crippen LogP) is 2.22. The van der Waals surface area contributed by atoms with Crippen LogP contribution in [-0.2, 0) is 14.6 Å². The molecular weight excluding hydrogens is 400 g/mol. The summed E-state index contributed by atoms with van der Waals surface area (Å²) >= 11 is 0. The second kappa shape index (κ2) is 11.7. The number of ether oxygens (including phenoxy) is 1. The molecule has 0 bridgehead atoms. The number of guanidine groups is 1. The fourth-order valence-corrected chi connectivity index (χ4v) is 5.15. The van der Waals surface area contributed by atoms with Gasteiger partial charge in [-0.2, -0.15) is 0 Å². The van der Waals surface area contributed by atoms with E-state index in [2.05, 4.69) is 53.6 Å². The van der Waals surface area contributed by atoms with Crippen LogP contribution in [0.5, 0.6) is 0 Å². The standard InChI is InChI=1S/C22H38N4O3S/c1-5-23-21(25-18-22(30(4,27)28)13-15-29-16-14-22)24-17-20(26(6-2)7-3)19-11-9-8-10-12-19/h8-12,20H,5-7,13-18H2,1-4H3,(H2,23,24,25). The lowest BCUT2D eigenvalue weighted by Gasteiger charge is -2.34. The molecule has 7 nitrogen and oxygen atoms in total. The van der Waals surface area contributed by atoms with E-state index < -0.39 is 14.6 Å². The van der Waals surface area contributed by atoms with E-state index in [0.717, 1.165) is 13.1 Å². The van der Waals surface area contributed by atoms with Crippen molar-refractivity contribution >= 4 is 15.8 Å². The summed E-state index contributed by atoms with van der Waals surface area (Å²) in [5, 5.41) is 6.71. The van der Waals surface area contributed by atoms with E-state index in [1.54, 1.807) is 0 Å². The second-order valence-corrected chi connectivity index (χ2v) is 10.2. The van der Waals surface area contributed by atoms with Crippen LogP contribution < -0.4 is 10.6 Å². The van der Waals surface area contributed by atoms with E-state index in [0.29, 0.717) is 45.1 Å². The van der Waals surface area contributed by atoms with Gasteiger partial charge in [0.1, 0.15) is 0 Å². The molecule has 1 fully saturated rings. The number of sulfone groups is 1. The van der Waals surface area contributed by atoms with Gasteiger partial charge in [0.2, 0.25) is 0 Å². The molecule has 2 N–H and O–H groups in total. The van der Waals surface area contributed by atoms with E-state index in [9.17, 15) is 8.42 Å². The van der Waals surface area contributed by atoms with Gasteiger partial charge in [0.15, 0.2) is 15.8 Å². The number of nitrogens with one attached hydrogen (secondary N) is 2. The van der Waals surface area contributed by atoms with Crippen molar-refractivity contribution in [3.05, 3.63) is 35.9 Å². The molecule has 1 unspecified atom stereocenters. The minimum Gasteiger partial charge on any atom is -0.381 e. The van der Waals surface area contributed by atoms with Gasteiger partial charge in [0, 0.05) is 32.6 Å². The van der Waals surface area contributed by atoms with E-state index >= 15 is 0 Å². The zero-order valence-corrected chi connectivity index (χ0v) is 19.7. The Balaban J connectivity index is 2.18. The molecule has 1 saturated heterocycles. The van der Waals surface area contributed by atoms with Gasteiger partial charge in [0.25, 0.3) is 0 Å². The van der Waals surface area contributed by atoms with Gasteiger partial charge in [0.05, 0.1) is 17.3 Å². The van der Waals surface area contributed by atoms with Gasteiger partial charge in [-0.25, -0.2) is 8.42 Å². The highest BCUT2D eigenvalue weighted by Crippen LogP contribution is 2.29. The zero-order chi connectivity index (χ0) is 22.0. The normalized spacial score (nSPS) is 18.2. The molecule has 0 saturated carbocycles. The van der Waals surface area contributed by atoms with Gasteiger partial charge in [-0.1, -0.05) is 44.2 Å². The molecule has 1 heterocycles. The van der Waals surface area contributed by atoms with Crippen LogP contribution in [0.15, 0.2) is 35.3 Å². The predicted molar refractivity (Wildman–Crippen MR) is 124 cm³/mol. The average Bonchev–Trinajstić information content (AvgIpc) is 2.75. The van der Waals surface area contributed by atoms with Crippen LogP contribution in [0.3, 0.4) is 0 Å². The van der Waals surface area contributed by atoms with Gasteiger partial charge in [-0.15, -0.1) is 0 Å². The monoisotopic (exact) mass is 438 g/mol. The SMILES string of the molecule is CCNC(=NCC1(S(C)(=O)=O)CCOCC1)NCC(c1ccccc1)N(CC)CC. The van der Waals surface area contributed by atoms with E-state index in [4.69, 9.17) is 9.73 Å². The molecule has 0 aromatic heterocycles. The zero-order valence-electron chi connectivity index (χ0n) is 18.9. The van der Waals surface area contributed by atoms with Crippen LogP contribution in [0, 0.1) is 0 Å². The highest BCUT2D eigenvalue weighted by molar-refractivity contribution is 7.92. The molecule has 0 spiro atoms. The van der Waals surface area contributed by atoms with E-state index in [-0.39, 0.29) is 12.6 Å². The Morgan fingerprint density at radius 1 is 1.13 bits per heavy atom. The Morgan fingerprint density at radius 3 is 2.30 bits per heavy atom. The van der Waals surface area contributed by atoms with Gasteiger partial charge >= 0.3 is 0 Å². The van der Waals surface area contributed by atoms with Crippen molar-refractivity contribution in [3.63, 3.8) is 0 Å². The summed E-state index contributed by atoms with van der Waals surface area (Å²) in [5.74, 6) is 0.653. The van der Waals surface area contributed by atoms with Crippen LogP contribution in [0.25, 0.3) is 0 Å². The van der Waals surface area contributed by atoms with Crippen molar-refractivity contribution in [2.45, 2.75) is 44.4 Å². The summed E-state index contributed by atoms with van der Waals surface area (Å²) in [7, 11) is -3.24. The first-order valence-corrected chi connectivity index (χ1v) is 12.8. The Labute approximate surface area is 182 Å². The lowest BCUT2D eigenvalue weighted by atomic mass is 9.99. The number of hydrogen-bond donors (Lipinski definition) is 2. The summed E-state index contributed by atoms with van der Waals surface area (Å²) in [6.45, 7) is 10.8. The van der Waals surface area contributed by atoms with Crippen LogP contribution >= 0.6 is 0 Å². The summed E-state index contributed by atoms with van der Waals surface area (Å²) in [4.78, 5) is 7.10. The molecule has 1 aromatic rings. The molecule has 0 radical (unpaired) electrons.